The van der Waals surface area contributed by atoms with Crippen molar-refractivity contribution in [3.8, 4) is 0 Å². The fourth-order valence-corrected chi connectivity index (χ4v) is 4.10. The summed E-state index contributed by atoms with van der Waals surface area (Å²) in [5, 5.41) is 8.79. The molecule has 0 saturated heterocycles. The molecule has 1 aliphatic heterocycles. The highest BCUT2D eigenvalue weighted by atomic mass is 35.5. The second-order valence-corrected chi connectivity index (χ2v) is 7.99. The predicted molar refractivity (Wildman–Crippen MR) is 96.3 cm³/mol. The largest absolute Gasteiger partial charge is 0.478 e. The Labute approximate surface area is 155 Å². The fourth-order valence-electron chi connectivity index (χ4n) is 2.70. The van der Waals surface area contributed by atoms with Crippen molar-refractivity contribution < 1.29 is 23.1 Å². The van der Waals surface area contributed by atoms with Crippen molar-refractivity contribution >= 4 is 39.2 Å². The van der Waals surface area contributed by atoms with Crippen molar-refractivity contribution in [1.29, 1.82) is 0 Å². The Morgan fingerprint density at radius 1 is 1.23 bits per heavy atom. The SMILES string of the molecule is CN1CCc2ccc(NS(=O)(=O)c3ccc(C(=O)O)c(Cl)c3)cc2C1=O. The molecule has 1 amide bonds. The zero-order chi connectivity index (χ0) is 19.1. The smallest absolute Gasteiger partial charge is 0.337 e. The van der Waals surface area contributed by atoms with Crippen LogP contribution in [0.2, 0.25) is 5.02 Å². The van der Waals surface area contributed by atoms with E-state index in [1.807, 2.05) is 0 Å². The van der Waals surface area contributed by atoms with Crippen molar-refractivity contribution in [3.63, 3.8) is 0 Å². The van der Waals surface area contributed by atoms with Crippen LogP contribution in [0.1, 0.15) is 26.3 Å². The zero-order valence-corrected chi connectivity index (χ0v) is 15.3. The van der Waals surface area contributed by atoms with Crippen LogP contribution >= 0.6 is 11.6 Å². The van der Waals surface area contributed by atoms with Gasteiger partial charge in [-0.1, -0.05) is 17.7 Å². The summed E-state index contributed by atoms with van der Waals surface area (Å²) in [6, 6.07) is 8.17. The quantitative estimate of drug-likeness (QED) is 0.829. The molecule has 0 aromatic heterocycles. The molecule has 7 nitrogen and oxygen atoms in total. The molecule has 2 aromatic rings. The number of carbonyl (C=O) groups is 2. The number of fused-ring (bicyclic) bond motifs is 1. The van der Waals surface area contributed by atoms with Gasteiger partial charge in [0.1, 0.15) is 0 Å². The number of nitrogens with one attached hydrogen (secondary N) is 1. The van der Waals surface area contributed by atoms with E-state index in [0.29, 0.717) is 18.5 Å². The first kappa shape index (κ1) is 18.2. The molecule has 3 rings (SSSR count). The lowest BCUT2D eigenvalue weighted by molar-refractivity contribution is 0.0696. The number of benzene rings is 2. The van der Waals surface area contributed by atoms with E-state index in [-0.39, 0.29) is 27.1 Å². The number of anilines is 1. The summed E-state index contributed by atoms with van der Waals surface area (Å²) in [4.78, 5) is 24.6. The average Bonchev–Trinajstić information content (AvgIpc) is 2.58. The number of amides is 1. The van der Waals surface area contributed by atoms with Gasteiger partial charge in [0.25, 0.3) is 15.9 Å². The third-order valence-corrected chi connectivity index (χ3v) is 5.83. The van der Waals surface area contributed by atoms with Crippen molar-refractivity contribution in [3.05, 3.63) is 58.1 Å². The number of carboxylic acids is 1. The van der Waals surface area contributed by atoms with E-state index >= 15 is 0 Å². The summed E-state index contributed by atoms with van der Waals surface area (Å²) in [6.07, 6.45) is 0.705. The van der Waals surface area contributed by atoms with E-state index in [4.69, 9.17) is 16.7 Å². The zero-order valence-electron chi connectivity index (χ0n) is 13.7. The van der Waals surface area contributed by atoms with Crippen LogP contribution in [0.5, 0.6) is 0 Å². The van der Waals surface area contributed by atoms with Crippen LogP contribution in [0, 0.1) is 0 Å². The topological polar surface area (TPSA) is 104 Å². The van der Waals surface area contributed by atoms with Gasteiger partial charge in [-0.2, -0.15) is 0 Å². The first-order valence-electron chi connectivity index (χ1n) is 7.63. The average molecular weight is 395 g/mol. The number of likely N-dealkylation sites (N-methyl/N-ethyl adjacent to an activating group) is 1. The molecule has 2 aromatic carbocycles. The van der Waals surface area contributed by atoms with Gasteiger partial charge in [0.2, 0.25) is 0 Å². The van der Waals surface area contributed by atoms with Crippen molar-refractivity contribution in [2.75, 3.05) is 18.3 Å². The molecule has 136 valence electrons. The molecular formula is C17H15ClN2O5S. The van der Waals surface area contributed by atoms with E-state index < -0.39 is 16.0 Å². The molecular weight excluding hydrogens is 380 g/mol. The van der Waals surface area contributed by atoms with Gasteiger partial charge >= 0.3 is 5.97 Å². The Bertz CT molecular complexity index is 1020. The molecule has 0 bridgehead atoms. The van der Waals surface area contributed by atoms with Crippen LogP contribution in [0.3, 0.4) is 0 Å². The number of nitrogens with zero attached hydrogens (tertiary/aromatic N) is 1. The molecule has 0 fully saturated rings. The molecule has 0 spiro atoms. The highest BCUT2D eigenvalue weighted by Crippen LogP contribution is 2.26. The fraction of sp³-hybridized carbons (Fsp3) is 0.176. The molecule has 0 radical (unpaired) electrons. The van der Waals surface area contributed by atoms with Crippen LogP contribution in [0.25, 0.3) is 0 Å². The molecule has 1 heterocycles. The monoisotopic (exact) mass is 394 g/mol. The Kier molecular flexibility index (Phi) is 4.64. The molecule has 0 atom stereocenters. The van der Waals surface area contributed by atoms with Gasteiger partial charge in [-0.15, -0.1) is 0 Å². The van der Waals surface area contributed by atoms with Gasteiger partial charge in [0.15, 0.2) is 0 Å². The summed E-state index contributed by atoms with van der Waals surface area (Å²) in [5.41, 5.74) is 1.38. The van der Waals surface area contributed by atoms with Gasteiger partial charge in [0, 0.05) is 24.8 Å². The van der Waals surface area contributed by atoms with Crippen LogP contribution in [0.4, 0.5) is 5.69 Å². The molecule has 2 N–H and O–H groups in total. The van der Waals surface area contributed by atoms with Crippen LogP contribution in [-0.2, 0) is 16.4 Å². The molecule has 9 heteroatoms. The number of sulfonamides is 1. The summed E-state index contributed by atoms with van der Waals surface area (Å²) in [5.74, 6) is -1.41. The van der Waals surface area contributed by atoms with Gasteiger partial charge in [-0.05, 0) is 42.3 Å². The third kappa shape index (κ3) is 3.38. The maximum atomic E-state index is 12.5. The number of aromatic carboxylic acids is 1. The summed E-state index contributed by atoms with van der Waals surface area (Å²) in [6.45, 7) is 0.616. The summed E-state index contributed by atoms with van der Waals surface area (Å²) < 4.78 is 27.5. The van der Waals surface area contributed by atoms with E-state index in [0.717, 1.165) is 23.8 Å². The van der Waals surface area contributed by atoms with Crippen LogP contribution in [0.15, 0.2) is 41.3 Å². The molecule has 0 unspecified atom stereocenters. The Hall–Kier alpha value is -2.58. The predicted octanol–water partition coefficient (Wildman–Crippen LogP) is 2.47. The lowest BCUT2D eigenvalue weighted by Crippen LogP contribution is -2.34. The van der Waals surface area contributed by atoms with Crippen molar-refractivity contribution in [2.24, 2.45) is 0 Å². The second kappa shape index (κ2) is 6.62. The van der Waals surface area contributed by atoms with Crippen molar-refractivity contribution in [1.82, 2.24) is 4.90 Å². The van der Waals surface area contributed by atoms with Gasteiger partial charge < -0.3 is 10.0 Å². The number of rotatable bonds is 4. The van der Waals surface area contributed by atoms with Gasteiger partial charge in [0.05, 0.1) is 15.5 Å². The Morgan fingerprint density at radius 3 is 2.62 bits per heavy atom. The highest BCUT2D eigenvalue weighted by Gasteiger charge is 2.23. The van der Waals surface area contributed by atoms with E-state index in [9.17, 15) is 18.0 Å². The summed E-state index contributed by atoms with van der Waals surface area (Å²) >= 11 is 5.84. The Balaban J connectivity index is 1.92. The maximum Gasteiger partial charge on any atom is 0.337 e. The number of halogens is 1. The standard InChI is InChI=1S/C17H15ClN2O5S/c1-20-7-6-10-2-3-11(8-14(10)16(20)21)19-26(24,25)12-4-5-13(17(22)23)15(18)9-12/h2-5,8-9,19H,6-7H2,1H3,(H,22,23). The lowest BCUT2D eigenvalue weighted by atomic mass is 9.99. The molecule has 1 aliphatic rings. The minimum Gasteiger partial charge on any atom is -0.478 e. The van der Waals surface area contributed by atoms with E-state index in [1.165, 1.54) is 6.07 Å². The maximum absolute atomic E-state index is 12.5. The highest BCUT2D eigenvalue weighted by molar-refractivity contribution is 7.92. The minimum absolute atomic E-state index is 0.166. The number of carbonyl (C=O) groups excluding carboxylic acids is 1. The van der Waals surface area contributed by atoms with E-state index in [1.54, 1.807) is 24.1 Å². The lowest BCUT2D eigenvalue weighted by Gasteiger charge is -2.25. The summed E-state index contributed by atoms with van der Waals surface area (Å²) in [7, 11) is -2.30. The minimum atomic E-state index is -3.99. The van der Waals surface area contributed by atoms with Gasteiger partial charge in [-0.3, -0.25) is 9.52 Å². The number of hydrogen-bond donors (Lipinski definition) is 2. The molecule has 26 heavy (non-hydrogen) atoms. The Morgan fingerprint density at radius 2 is 1.96 bits per heavy atom. The second-order valence-electron chi connectivity index (χ2n) is 5.90. The van der Waals surface area contributed by atoms with Crippen molar-refractivity contribution in [2.45, 2.75) is 11.3 Å². The third-order valence-electron chi connectivity index (χ3n) is 4.14. The normalized spacial score (nSPS) is 14.1. The van der Waals surface area contributed by atoms with Gasteiger partial charge in [-0.25, -0.2) is 13.2 Å². The first-order valence-corrected chi connectivity index (χ1v) is 9.49. The number of hydrogen-bond acceptors (Lipinski definition) is 4. The van der Waals surface area contributed by atoms with Crippen LogP contribution in [-0.4, -0.2) is 43.9 Å². The number of carboxylic acid groups (broad SMARTS) is 1. The van der Waals surface area contributed by atoms with Crippen LogP contribution < -0.4 is 4.72 Å². The van der Waals surface area contributed by atoms with E-state index in [2.05, 4.69) is 4.72 Å². The molecule has 0 aliphatic carbocycles. The molecule has 0 saturated carbocycles. The first-order chi connectivity index (χ1) is 12.2.